The zero-order valence-corrected chi connectivity index (χ0v) is 9.20. The highest BCUT2D eigenvalue weighted by molar-refractivity contribution is 6.29. The van der Waals surface area contributed by atoms with E-state index in [9.17, 15) is 0 Å². The van der Waals surface area contributed by atoms with Crippen LogP contribution in [0.3, 0.4) is 0 Å². The van der Waals surface area contributed by atoms with Gasteiger partial charge in [0.1, 0.15) is 5.69 Å². The van der Waals surface area contributed by atoms with Crippen molar-refractivity contribution in [2.24, 2.45) is 5.92 Å². The SMILES string of the molecule is Clc1nccnc1COC[C@@H]1CCNC1. The second-order valence-electron chi connectivity index (χ2n) is 3.67. The largest absolute Gasteiger partial charge is 0.375 e. The van der Waals surface area contributed by atoms with E-state index in [1.54, 1.807) is 12.4 Å². The molecular weight excluding hydrogens is 214 g/mol. The van der Waals surface area contributed by atoms with Gasteiger partial charge in [-0.2, -0.15) is 0 Å². The van der Waals surface area contributed by atoms with Crippen LogP contribution in [0.4, 0.5) is 0 Å². The highest BCUT2D eigenvalue weighted by Crippen LogP contribution is 2.12. The number of aromatic nitrogens is 2. The summed E-state index contributed by atoms with van der Waals surface area (Å²) < 4.78 is 5.56. The molecule has 1 fully saturated rings. The third-order valence-corrected chi connectivity index (χ3v) is 2.79. The van der Waals surface area contributed by atoms with Crippen molar-refractivity contribution >= 4 is 11.6 Å². The molecule has 1 aromatic rings. The van der Waals surface area contributed by atoms with Crippen molar-refractivity contribution in [3.05, 3.63) is 23.2 Å². The molecule has 2 heterocycles. The minimum atomic E-state index is 0.432. The predicted octanol–water partition coefficient (Wildman–Crippen LogP) is 1.26. The van der Waals surface area contributed by atoms with Gasteiger partial charge in [0, 0.05) is 18.9 Å². The summed E-state index contributed by atoms with van der Waals surface area (Å²) in [5.74, 6) is 0.625. The van der Waals surface area contributed by atoms with Crippen LogP contribution in [0.5, 0.6) is 0 Å². The van der Waals surface area contributed by atoms with Gasteiger partial charge in [-0.3, -0.25) is 4.98 Å². The van der Waals surface area contributed by atoms with E-state index in [0.717, 1.165) is 19.7 Å². The number of hydrogen-bond acceptors (Lipinski definition) is 4. The van der Waals surface area contributed by atoms with Crippen molar-refractivity contribution in [1.29, 1.82) is 0 Å². The molecule has 1 aromatic heterocycles. The monoisotopic (exact) mass is 227 g/mol. The first kappa shape index (κ1) is 10.8. The maximum atomic E-state index is 5.85. The van der Waals surface area contributed by atoms with Crippen molar-refractivity contribution in [3.63, 3.8) is 0 Å². The van der Waals surface area contributed by atoms with Gasteiger partial charge in [0.25, 0.3) is 0 Å². The second-order valence-corrected chi connectivity index (χ2v) is 4.03. The molecule has 5 heteroatoms. The van der Waals surface area contributed by atoms with E-state index in [2.05, 4.69) is 15.3 Å². The molecule has 0 spiro atoms. The zero-order valence-electron chi connectivity index (χ0n) is 8.45. The fourth-order valence-corrected chi connectivity index (χ4v) is 1.79. The zero-order chi connectivity index (χ0) is 10.5. The third kappa shape index (κ3) is 3.12. The maximum absolute atomic E-state index is 5.85. The lowest BCUT2D eigenvalue weighted by Crippen LogP contribution is -2.14. The van der Waals surface area contributed by atoms with Gasteiger partial charge >= 0.3 is 0 Å². The van der Waals surface area contributed by atoms with Crippen LogP contribution in [0.25, 0.3) is 0 Å². The average Bonchev–Trinajstić information content (AvgIpc) is 2.74. The van der Waals surface area contributed by atoms with E-state index in [1.807, 2.05) is 0 Å². The topological polar surface area (TPSA) is 47.0 Å². The van der Waals surface area contributed by atoms with Gasteiger partial charge in [-0.15, -0.1) is 0 Å². The van der Waals surface area contributed by atoms with Gasteiger partial charge in [0.05, 0.1) is 13.2 Å². The Balaban J connectivity index is 1.75. The van der Waals surface area contributed by atoms with Crippen molar-refractivity contribution in [2.45, 2.75) is 13.0 Å². The lowest BCUT2D eigenvalue weighted by atomic mass is 10.1. The average molecular weight is 228 g/mol. The lowest BCUT2D eigenvalue weighted by Gasteiger charge is -2.09. The fourth-order valence-electron chi connectivity index (χ4n) is 1.63. The summed E-state index contributed by atoms with van der Waals surface area (Å²) in [6, 6.07) is 0. The molecule has 1 saturated heterocycles. The number of ether oxygens (including phenoxy) is 1. The van der Waals surface area contributed by atoms with Gasteiger partial charge in [-0.25, -0.2) is 4.98 Å². The van der Waals surface area contributed by atoms with Gasteiger partial charge in [0.2, 0.25) is 0 Å². The Morgan fingerprint density at radius 1 is 1.47 bits per heavy atom. The summed E-state index contributed by atoms with van der Waals surface area (Å²) in [7, 11) is 0. The summed E-state index contributed by atoms with van der Waals surface area (Å²) in [5, 5.41) is 3.73. The van der Waals surface area contributed by atoms with E-state index in [4.69, 9.17) is 16.3 Å². The van der Waals surface area contributed by atoms with Crippen LogP contribution < -0.4 is 5.32 Å². The number of hydrogen-bond donors (Lipinski definition) is 1. The standard InChI is InChI=1S/C10H14ClN3O/c11-10-9(13-3-4-14-10)7-15-6-8-1-2-12-5-8/h3-4,8,12H,1-2,5-7H2/t8-/m1/s1. The Labute approximate surface area is 94.0 Å². The van der Waals surface area contributed by atoms with Crippen LogP contribution in [0.2, 0.25) is 5.15 Å². The van der Waals surface area contributed by atoms with Gasteiger partial charge in [0.15, 0.2) is 5.15 Å². The van der Waals surface area contributed by atoms with E-state index >= 15 is 0 Å². The highest BCUT2D eigenvalue weighted by atomic mass is 35.5. The van der Waals surface area contributed by atoms with Crippen LogP contribution in [-0.4, -0.2) is 29.7 Å². The predicted molar refractivity (Wildman–Crippen MR) is 57.7 cm³/mol. The molecule has 0 amide bonds. The van der Waals surface area contributed by atoms with Crippen molar-refractivity contribution < 1.29 is 4.74 Å². The van der Waals surface area contributed by atoms with Gasteiger partial charge in [-0.1, -0.05) is 11.6 Å². The highest BCUT2D eigenvalue weighted by Gasteiger charge is 2.14. The molecule has 1 aliphatic heterocycles. The van der Waals surface area contributed by atoms with Crippen molar-refractivity contribution in [2.75, 3.05) is 19.7 Å². The summed E-state index contributed by atoms with van der Waals surface area (Å²) in [6.07, 6.45) is 4.39. The normalized spacial score (nSPS) is 20.7. The lowest BCUT2D eigenvalue weighted by molar-refractivity contribution is 0.0901. The second kappa shape index (κ2) is 5.39. The molecule has 15 heavy (non-hydrogen) atoms. The van der Waals surface area contributed by atoms with Gasteiger partial charge in [-0.05, 0) is 18.9 Å². The van der Waals surface area contributed by atoms with E-state index in [1.165, 1.54) is 6.42 Å². The summed E-state index contributed by atoms with van der Waals surface area (Å²) >= 11 is 5.85. The molecule has 4 nitrogen and oxygen atoms in total. The summed E-state index contributed by atoms with van der Waals surface area (Å²) in [4.78, 5) is 8.05. The van der Waals surface area contributed by atoms with E-state index in [-0.39, 0.29) is 0 Å². The number of nitrogens with one attached hydrogen (secondary N) is 1. The fraction of sp³-hybridized carbons (Fsp3) is 0.600. The molecule has 82 valence electrons. The number of halogens is 1. The molecule has 1 aliphatic rings. The molecule has 2 rings (SSSR count). The molecule has 0 aliphatic carbocycles. The van der Waals surface area contributed by atoms with Crippen LogP contribution in [0, 0.1) is 5.92 Å². The first-order chi connectivity index (χ1) is 7.36. The van der Waals surface area contributed by atoms with E-state index in [0.29, 0.717) is 23.4 Å². The summed E-state index contributed by atoms with van der Waals surface area (Å²) in [6.45, 7) is 3.36. The quantitative estimate of drug-likeness (QED) is 0.841. The van der Waals surface area contributed by atoms with E-state index < -0.39 is 0 Å². The van der Waals surface area contributed by atoms with Crippen molar-refractivity contribution in [3.8, 4) is 0 Å². The van der Waals surface area contributed by atoms with Crippen LogP contribution in [0.15, 0.2) is 12.4 Å². The smallest absolute Gasteiger partial charge is 0.152 e. The van der Waals surface area contributed by atoms with Crippen LogP contribution in [-0.2, 0) is 11.3 Å². The third-order valence-electron chi connectivity index (χ3n) is 2.48. The molecule has 0 bridgehead atoms. The molecule has 0 radical (unpaired) electrons. The Morgan fingerprint density at radius 3 is 3.07 bits per heavy atom. The van der Waals surface area contributed by atoms with Gasteiger partial charge < -0.3 is 10.1 Å². The molecule has 1 N–H and O–H groups in total. The maximum Gasteiger partial charge on any atom is 0.152 e. The first-order valence-electron chi connectivity index (χ1n) is 5.10. The Bertz CT molecular complexity index is 315. The first-order valence-corrected chi connectivity index (χ1v) is 5.48. The number of nitrogens with zero attached hydrogens (tertiary/aromatic N) is 2. The van der Waals surface area contributed by atoms with Crippen LogP contribution >= 0.6 is 11.6 Å². The molecule has 0 saturated carbocycles. The molecular formula is C10H14ClN3O. The van der Waals surface area contributed by atoms with Crippen molar-refractivity contribution in [1.82, 2.24) is 15.3 Å². The molecule has 1 atom stereocenters. The Morgan fingerprint density at radius 2 is 2.33 bits per heavy atom. The minimum absolute atomic E-state index is 0.432. The Hall–Kier alpha value is -0.710. The molecule has 0 aromatic carbocycles. The van der Waals surface area contributed by atoms with Crippen LogP contribution in [0.1, 0.15) is 12.1 Å². The summed E-state index contributed by atoms with van der Waals surface area (Å²) in [5.41, 5.74) is 0.713. The Kier molecular flexibility index (Phi) is 3.88. The number of rotatable bonds is 4. The molecule has 0 unspecified atom stereocenters. The minimum Gasteiger partial charge on any atom is -0.375 e.